The molecule has 1 aliphatic rings. The molecule has 1 rings (SSSR count). The number of hydrogen-bond donors (Lipinski definition) is 3. The molecule has 110 valence electrons. The van der Waals surface area contributed by atoms with E-state index in [0.29, 0.717) is 32.5 Å². The van der Waals surface area contributed by atoms with Gasteiger partial charge in [-0.25, -0.2) is 4.79 Å². The van der Waals surface area contributed by atoms with Crippen molar-refractivity contribution in [3.8, 4) is 0 Å². The summed E-state index contributed by atoms with van der Waals surface area (Å²) < 4.78 is 4.61. The molecule has 0 aromatic carbocycles. The number of methoxy groups -OCH3 is 1. The molecule has 4 N–H and O–H groups in total. The molecule has 19 heavy (non-hydrogen) atoms. The van der Waals surface area contributed by atoms with Crippen LogP contribution < -0.4 is 11.1 Å². The van der Waals surface area contributed by atoms with Crippen molar-refractivity contribution in [2.75, 3.05) is 33.4 Å². The maximum absolute atomic E-state index is 11.3. The van der Waals surface area contributed by atoms with Gasteiger partial charge in [0.25, 0.3) is 0 Å². The lowest BCUT2D eigenvalue weighted by Crippen LogP contribution is -2.53. The van der Waals surface area contributed by atoms with Gasteiger partial charge in [0.05, 0.1) is 13.7 Å². The smallest absolute Gasteiger partial charge is 0.314 e. The number of rotatable bonds is 6. The summed E-state index contributed by atoms with van der Waals surface area (Å²) in [6, 6.07) is -0.338. The van der Waals surface area contributed by atoms with Crippen molar-refractivity contribution in [2.45, 2.75) is 25.3 Å². The molecule has 0 aliphatic carbocycles. The second kappa shape index (κ2) is 7.96. The van der Waals surface area contributed by atoms with E-state index >= 15 is 0 Å². The van der Waals surface area contributed by atoms with Gasteiger partial charge < -0.3 is 25.8 Å². The lowest BCUT2D eigenvalue weighted by molar-refractivity contribution is -0.141. The van der Waals surface area contributed by atoms with Crippen molar-refractivity contribution in [3.63, 3.8) is 0 Å². The zero-order valence-corrected chi connectivity index (χ0v) is 11.3. The summed E-state index contributed by atoms with van der Waals surface area (Å²) in [5, 5.41) is 12.0. The van der Waals surface area contributed by atoms with Gasteiger partial charge in [-0.05, 0) is 18.8 Å². The summed E-state index contributed by atoms with van der Waals surface area (Å²) >= 11 is 0. The molecule has 2 amide bonds. The van der Waals surface area contributed by atoms with Gasteiger partial charge in [0.1, 0.15) is 0 Å². The zero-order chi connectivity index (χ0) is 14.3. The molecule has 7 nitrogen and oxygen atoms in total. The fraction of sp³-hybridized carbons (Fsp3) is 0.833. The van der Waals surface area contributed by atoms with Gasteiger partial charge in [-0.3, -0.25) is 4.79 Å². The number of ether oxygens (including phenoxy) is 1. The van der Waals surface area contributed by atoms with E-state index < -0.39 is 6.03 Å². The number of likely N-dealkylation sites (tertiary alicyclic amines) is 1. The number of esters is 1. The third kappa shape index (κ3) is 5.44. The van der Waals surface area contributed by atoms with Crippen LogP contribution in [0, 0.1) is 5.92 Å². The first-order valence-electron chi connectivity index (χ1n) is 6.52. The highest BCUT2D eigenvalue weighted by Gasteiger charge is 2.28. The van der Waals surface area contributed by atoms with Crippen LogP contribution in [0.4, 0.5) is 4.79 Å². The van der Waals surface area contributed by atoms with Gasteiger partial charge >= 0.3 is 12.0 Å². The number of nitrogens with two attached hydrogens (primary N) is 1. The molecule has 0 radical (unpaired) electrons. The maximum atomic E-state index is 11.3. The molecule has 1 aliphatic heterocycles. The Hall–Kier alpha value is -1.34. The molecule has 1 fully saturated rings. The number of aliphatic hydroxyl groups is 1. The van der Waals surface area contributed by atoms with Crippen molar-refractivity contribution in [2.24, 2.45) is 11.7 Å². The number of nitrogens with one attached hydrogen (secondary N) is 1. The predicted octanol–water partition coefficient (Wildman–Crippen LogP) is -0.709. The molecular formula is C12H23N3O4. The summed E-state index contributed by atoms with van der Waals surface area (Å²) in [6.07, 6.45) is 1.88. The summed E-state index contributed by atoms with van der Waals surface area (Å²) in [6.45, 7) is 1.66. The van der Waals surface area contributed by atoms with E-state index in [2.05, 4.69) is 10.1 Å². The van der Waals surface area contributed by atoms with Crippen LogP contribution in [0.2, 0.25) is 0 Å². The Bertz CT molecular complexity index is 311. The summed E-state index contributed by atoms with van der Waals surface area (Å²) in [4.78, 5) is 24.0. The molecule has 0 aromatic rings. The molecule has 0 bridgehead atoms. The van der Waals surface area contributed by atoms with E-state index in [-0.39, 0.29) is 24.5 Å². The van der Waals surface area contributed by atoms with Crippen molar-refractivity contribution in [1.29, 1.82) is 0 Å². The van der Waals surface area contributed by atoms with Crippen LogP contribution in [0.3, 0.4) is 0 Å². The summed E-state index contributed by atoms with van der Waals surface area (Å²) in [5.41, 5.74) is 5.32. The average molecular weight is 273 g/mol. The quantitative estimate of drug-likeness (QED) is 0.555. The largest absolute Gasteiger partial charge is 0.469 e. The number of primary amides is 1. The van der Waals surface area contributed by atoms with Crippen molar-refractivity contribution in [3.05, 3.63) is 0 Å². The number of carbonyl (C=O) groups is 2. The second-order valence-corrected chi connectivity index (χ2v) is 4.83. The highest BCUT2D eigenvalue weighted by atomic mass is 16.5. The molecule has 7 heteroatoms. The van der Waals surface area contributed by atoms with Gasteiger partial charge in [-0.2, -0.15) is 0 Å². The molecule has 1 heterocycles. The summed E-state index contributed by atoms with van der Waals surface area (Å²) in [7, 11) is 1.37. The van der Waals surface area contributed by atoms with Crippen LogP contribution >= 0.6 is 0 Å². The van der Waals surface area contributed by atoms with E-state index in [1.807, 2.05) is 0 Å². The van der Waals surface area contributed by atoms with Gasteiger partial charge in [-0.15, -0.1) is 0 Å². The normalized spacial score (nSPS) is 23.2. The number of carbonyl (C=O) groups excluding carboxylic acids is 2. The summed E-state index contributed by atoms with van der Waals surface area (Å²) in [5.74, 6) is -0.0207. The fourth-order valence-electron chi connectivity index (χ4n) is 2.43. The van der Waals surface area contributed by atoms with Crippen LogP contribution in [0.1, 0.15) is 19.3 Å². The Labute approximate surface area is 113 Å². The SMILES string of the molecule is COC(=O)CCC1CC(NCCO)CN(C(N)=O)C1. The van der Waals surface area contributed by atoms with Crippen molar-refractivity contribution in [1.82, 2.24) is 10.2 Å². The Morgan fingerprint density at radius 3 is 2.79 bits per heavy atom. The highest BCUT2D eigenvalue weighted by molar-refractivity contribution is 5.72. The zero-order valence-electron chi connectivity index (χ0n) is 11.3. The van der Waals surface area contributed by atoms with Crippen LogP contribution in [0.25, 0.3) is 0 Å². The van der Waals surface area contributed by atoms with E-state index in [9.17, 15) is 9.59 Å². The number of hydrogen-bond acceptors (Lipinski definition) is 5. The van der Waals surface area contributed by atoms with Crippen molar-refractivity contribution >= 4 is 12.0 Å². The van der Waals surface area contributed by atoms with Crippen molar-refractivity contribution < 1.29 is 19.4 Å². The molecule has 0 saturated carbocycles. The minimum atomic E-state index is -0.446. The van der Waals surface area contributed by atoms with E-state index in [1.54, 1.807) is 4.90 Å². The highest BCUT2D eigenvalue weighted by Crippen LogP contribution is 2.21. The lowest BCUT2D eigenvalue weighted by atomic mass is 9.90. The average Bonchev–Trinajstić information content (AvgIpc) is 2.42. The molecule has 0 spiro atoms. The molecule has 0 aromatic heterocycles. The van der Waals surface area contributed by atoms with Gasteiger partial charge in [0.2, 0.25) is 0 Å². The van der Waals surface area contributed by atoms with Gasteiger partial charge in [-0.1, -0.05) is 0 Å². The van der Waals surface area contributed by atoms with Crippen LogP contribution in [-0.2, 0) is 9.53 Å². The van der Waals surface area contributed by atoms with Gasteiger partial charge in [0, 0.05) is 32.1 Å². The number of piperidine rings is 1. The third-order valence-electron chi connectivity index (χ3n) is 3.38. The predicted molar refractivity (Wildman–Crippen MR) is 69.4 cm³/mol. The standard InChI is InChI=1S/C12H23N3O4/c1-19-11(17)3-2-9-6-10(14-4-5-16)8-15(7-9)12(13)18/h9-10,14,16H,2-8H2,1H3,(H2,13,18). The van der Waals surface area contributed by atoms with Crippen LogP contribution in [0.15, 0.2) is 0 Å². The Morgan fingerprint density at radius 1 is 1.47 bits per heavy atom. The molecule has 1 saturated heterocycles. The first kappa shape index (κ1) is 15.7. The van der Waals surface area contributed by atoms with E-state index in [1.165, 1.54) is 7.11 Å². The number of amides is 2. The number of aliphatic hydroxyl groups excluding tert-OH is 1. The lowest BCUT2D eigenvalue weighted by Gasteiger charge is -2.37. The molecular weight excluding hydrogens is 250 g/mol. The monoisotopic (exact) mass is 273 g/mol. The van der Waals surface area contributed by atoms with Crippen LogP contribution in [0.5, 0.6) is 0 Å². The molecule has 2 atom stereocenters. The Kier molecular flexibility index (Phi) is 6.58. The maximum Gasteiger partial charge on any atom is 0.314 e. The first-order valence-corrected chi connectivity index (χ1v) is 6.52. The Balaban J connectivity index is 2.49. The molecule has 2 unspecified atom stereocenters. The van der Waals surface area contributed by atoms with Gasteiger partial charge in [0.15, 0.2) is 0 Å². The second-order valence-electron chi connectivity index (χ2n) is 4.83. The minimum absolute atomic E-state index is 0.0555. The minimum Gasteiger partial charge on any atom is -0.469 e. The topological polar surface area (TPSA) is 105 Å². The fourth-order valence-corrected chi connectivity index (χ4v) is 2.43. The van der Waals surface area contributed by atoms with Crippen LogP contribution in [-0.4, -0.2) is 61.4 Å². The number of nitrogens with zero attached hydrogens (tertiary/aromatic N) is 1. The van der Waals surface area contributed by atoms with E-state index in [4.69, 9.17) is 10.8 Å². The van der Waals surface area contributed by atoms with E-state index in [0.717, 1.165) is 6.42 Å². The Morgan fingerprint density at radius 2 is 2.21 bits per heavy atom. The first-order chi connectivity index (χ1) is 9.06. The number of urea groups is 1. The third-order valence-corrected chi connectivity index (χ3v) is 3.38.